The molecule has 142 valence electrons. The Labute approximate surface area is 167 Å². The van der Waals surface area contributed by atoms with E-state index in [1.807, 2.05) is 67.6 Å². The molecular formula is C23H19N5O. The minimum Gasteiger partial charge on any atom is -0.319 e. The van der Waals surface area contributed by atoms with Crippen molar-refractivity contribution in [1.29, 1.82) is 0 Å². The lowest BCUT2D eigenvalue weighted by molar-refractivity contribution is 0.102. The first kappa shape index (κ1) is 18.3. The molecule has 0 aliphatic heterocycles. The van der Waals surface area contributed by atoms with E-state index in [9.17, 15) is 4.79 Å². The first-order valence-corrected chi connectivity index (χ1v) is 9.10. The van der Waals surface area contributed by atoms with E-state index in [0.29, 0.717) is 11.4 Å². The van der Waals surface area contributed by atoms with Crippen molar-refractivity contribution in [2.24, 2.45) is 4.99 Å². The quantitative estimate of drug-likeness (QED) is 0.378. The molecule has 2 heterocycles. The molecule has 1 amide bonds. The van der Waals surface area contributed by atoms with Gasteiger partial charge in [-0.15, -0.1) is 0 Å². The van der Waals surface area contributed by atoms with Crippen LogP contribution in [0.25, 0.3) is 27.4 Å². The second-order valence-electron chi connectivity index (χ2n) is 6.54. The Hall–Kier alpha value is -4.06. The van der Waals surface area contributed by atoms with Crippen LogP contribution >= 0.6 is 0 Å². The van der Waals surface area contributed by atoms with Gasteiger partial charge in [0.05, 0.1) is 16.7 Å². The largest absolute Gasteiger partial charge is 0.319 e. The number of nitrogens with zero attached hydrogens (tertiary/aromatic N) is 3. The van der Waals surface area contributed by atoms with E-state index in [1.54, 1.807) is 12.4 Å². The van der Waals surface area contributed by atoms with Gasteiger partial charge in [0.25, 0.3) is 5.91 Å². The number of fused-ring (bicyclic) bond motifs is 2. The van der Waals surface area contributed by atoms with Crippen LogP contribution in [0.15, 0.2) is 78.1 Å². The van der Waals surface area contributed by atoms with Crippen molar-refractivity contribution < 1.29 is 4.79 Å². The number of carbonyl (C=O) groups excluding carboxylic acids is 1. The summed E-state index contributed by atoms with van der Waals surface area (Å²) in [5, 5.41) is 11.8. The summed E-state index contributed by atoms with van der Waals surface area (Å²) >= 11 is 0. The Kier molecular flexibility index (Phi) is 4.99. The van der Waals surface area contributed by atoms with Crippen LogP contribution < -0.4 is 5.32 Å². The fourth-order valence-electron chi connectivity index (χ4n) is 3.16. The van der Waals surface area contributed by atoms with Gasteiger partial charge < -0.3 is 5.32 Å². The van der Waals surface area contributed by atoms with Crippen molar-refractivity contribution in [3.05, 3.63) is 84.3 Å². The lowest BCUT2D eigenvalue weighted by Gasteiger charge is -2.07. The van der Waals surface area contributed by atoms with Gasteiger partial charge in [0.2, 0.25) is 0 Å². The van der Waals surface area contributed by atoms with Crippen LogP contribution in [0.4, 0.5) is 5.69 Å². The second kappa shape index (κ2) is 7.90. The molecule has 4 aromatic rings. The Morgan fingerprint density at radius 2 is 2.07 bits per heavy atom. The molecule has 0 saturated carbocycles. The smallest absolute Gasteiger partial charge is 0.276 e. The number of carbonyl (C=O) groups is 1. The average Bonchev–Trinajstić information content (AvgIpc) is 3.17. The SMILES string of the molecule is C=N/C=C\C=C(/C)c1ccc2[nH]nc(C(=O)Nc3cccc4cccnc34)c2c1. The monoisotopic (exact) mass is 381 g/mol. The maximum Gasteiger partial charge on any atom is 0.276 e. The molecule has 0 atom stereocenters. The summed E-state index contributed by atoms with van der Waals surface area (Å²) in [7, 11) is 0. The summed E-state index contributed by atoms with van der Waals surface area (Å²) in [6, 6.07) is 15.4. The Morgan fingerprint density at radius 1 is 1.21 bits per heavy atom. The first-order valence-electron chi connectivity index (χ1n) is 9.10. The second-order valence-corrected chi connectivity index (χ2v) is 6.54. The third kappa shape index (κ3) is 3.68. The molecule has 0 radical (unpaired) electrons. The zero-order valence-corrected chi connectivity index (χ0v) is 15.9. The normalized spacial score (nSPS) is 12.0. The zero-order valence-electron chi connectivity index (χ0n) is 15.9. The van der Waals surface area contributed by atoms with Gasteiger partial charge in [-0.2, -0.15) is 5.10 Å². The zero-order chi connectivity index (χ0) is 20.2. The fraction of sp³-hybridized carbons (Fsp3) is 0.0435. The van der Waals surface area contributed by atoms with Crippen LogP contribution in [0.1, 0.15) is 23.0 Å². The number of amides is 1. The highest BCUT2D eigenvalue weighted by molar-refractivity contribution is 6.13. The van der Waals surface area contributed by atoms with E-state index >= 15 is 0 Å². The van der Waals surface area contributed by atoms with E-state index < -0.39 is 0 Å². The molecular weight excluding hydrogens is 362 g/mol. The third-order valence-corrected chi connectivity index (χ3v) is 4.65. The minimum absolute atomic E-state index is 0.288. The van der Waals surface area contributed by atoms with Crippen molar-refractivity contribution >= 4 is 45.7 Å². The number of para-hydroxylation sites is 1. The number of aromatic nitrogens is 3. The molecule has 2 aromatic heterocycles. The standard InChI is InChI=1S/C23H19N5O/c1-15(6-4-12-24-2)17-10-11-19-18(14-17)22(28-27-19)23(29)26-20-9-3-7-16-8-5-13-25-21(16)20/h3-14H,2H2,1H3,(H,26,29)(H,27,28)/b12-4-,15-6+. The van der Waals surface area contributed by atoms with Crippen LogP contribution in [0.5, 0.6) is 0 Å². The summed E-state index contributed by atoms with van der Waals surface area (Å²) in [4.78, 5) is 21.0. The molecule has 0 aliphatic carbocycles. The number of rotatable bonds is 5. The number of aliphatic imine (C=N–C) groups is 1. The van der Waals surface area contributed by atoms with Gasteiger partial charge in [-0.3, -0.25) is 19.9 Å². The molecule has 6 nitrogen and oxygen atoms in total. The summed E-state index contributed by atoms with van der Waals surface area (Å²) < 4.78 is 0. The Morgan fingerprint density at radius 3 is 2.93 bits per heavy atom. The number of H-pyrrole nitrogens is 1. The molecule has 4 rings (SSSR count). The first-order chi connectivity index (χ1) is 14.2. The van der Waals surface area contributed by atoms with Gasteiger partial charge in [-0.1, -0.05) is 30.3 Å². The van der Waals surface area contributed by atoms with Crippen molar-refractivity contribution in [2.45, 2.75) is 6.92 Å². The maximum absolute atomic E-state index is 13.0. The van der Waals surface area contributed by atoms with Crippen LogP contribution in [-0.4, -0.2) is 27.8 Å². The van der Waals surface area contributed by atoms with Gasteiger partial charge in [0.1, 0.15) is 0 Å². The number of hydrogen-bond acceptors (Lipinski definition) is 4. The van der Waals surface area contributed by atoms with E-state index in [2.05, 4.69) is 32.2 Å². The number of allylic oxidation sites excluding steroid dienone is 3. The van der Waals surface area contributed by atoms with Crippen LogP contribution in [0, 0.1) is 0 Å². The number of anilines is 1. The fourth-order valence-corrected chi connectivity index (χ4v) is 3.16. The Bertz CT molecular complexity index is 1280. The van der Waals surface area contributed by atoms with E-state index in [4.69, 9.17) is 0 Å². The van der Waals surface area contributed by atoms with Crippen molar-refractivity contribution in [3.8, 4) is 0 Å². The molecule has 0 saturated heterocycles. The highest BCUT2D eigenvalue weighted by Gasteiger charge is 2.16. The summed E-state index contributed by atoms with van der Waals surface area (Å²) in [5.74, 6) is -0.288. The van der Waals surface area contributed by atoms with Gasteiger partial charge in [-0.25, -0.2) is 0 Å². The highest BCUT2D eigenvalue weighted by Crippen LogP contribution is 2.25. The number of nitrogens with one attached hydrogen (secondary N) is 2. The maximum atomic E-state index is 13.0. The molecule has 2 N–H and O–H groups in total. The molecule has 2 aromatic carbocycles. The van der Waals surface area contributed by atoms with Crippen molar-refractivity contribution in [3.63, 3.8) is 0 Å². The summed E-state index contributed by atoms with van der Waals surface area (Å²) in [5.41, 5.74) is 4.56. The van der Waals surface area contributed by atoms with E-state index in [-0.39, 0.29) is 5.91 Å². The van der Waals surface area contributed by atoms with Crippen LogP contribution in [0.3, 0.4) is 0 Å². The van der Waals surface area contributed by atoms with Crippen LogP contribution in [0.2, 0.25) is 0 Å². The number of benzene rings is 2. The van der Waals surface area contributed by atoms with Crippen molar-refractivity contribution in [1.82, 2.24) is 15.2 Å². The Balaban J connectivity index is 1.69. The highest BCUT2D eigenvalue weighted by atomic mass is 16.1. The lowest BCUT2D eigenvalue weighted by atomic mass is 10.0. The molecule has 0 fully saturated rings. The predicted octanol–water partition coefficient (Wildman–Crippen LogP) is 4.98. The minimum atomic E-state index is -0.288. The van der Waals surface area contributed by atoms with Gasteiger partial charge in [-0.05, 0) is 55.1 Å². The molecule has 6 heteroatoms. The topological polar surface area (TPSA) is 83.0 Å². The number of aromatic amines is 1. The van der Waals surface area contributed by atoms with Crippen molar-refractivity contribution in [2.75, 3.05) is 5.32 Å². The van der Waals surface area contributed by atoms with E-state index in [1.165, 1.54) is 0 Å². The number of hydrogen-bond donors (Lipinski definition) is 2. The predicted molar refractivity (Wildman–Crippen MR) is 118 cm³/mol. The molecule has 0 bridgehead atoms. The molecule has 0 aliphatic rings. The number of pyridine rings is 1. The van der Waals surface area contributed by atoms with Gasteiger partial charge >= 0.3 is 0 Å². The molecule has 29 heavy (non-hydrogen) atoms. The third-order valence-electron chi connectivity index (χ3n) is 4.65. The summed E-state index contributed by atoms with van der Waals surface area (Å²) in [6.45, 7) is 5.42. The lowest BCUT2D eigenvalue weighted by Crippen LogP contribution is -2.13. The van der Waals surface area contributed by atoms with Gasteiger partial charge in [0.15, 0.2) is 5.69 Å². The average molecular weight is 381 g/mol. The molecule has 0 spiro atoms. The van der Waals surface area contributed by atoms with Crippen LogP contribution in [-0.2, 0) is 0 Å². The van der Waals surface area contributed by atoms with Gasteiger partial charge in [0, 0.05) is 23.2 Å². The van der Waals surface area contributed by atoms with E-state index in [0.717, 1.165) is 32.9 Å². The summed E-state index contributed by atoms with van der Waals surface area (Å²) in [6.07, 6.45) is 7.09. The molecule has 0 unspecified atom stereocenters.